The van der Waals surface area contributed by atoms with Gasteiger partial charge in [-0.3, -0.25) is 4.79 Å². The second kappa shape index (κ2) is 4.87. The smallest absolute Gasteiger partial charge is 0.133 e. The van der Waals surface area contributed by atoms with Gasteiger partial charge in [0.25, 0.3) is 0 Å². The first-order chi connectivity index (χ1) is 11.4. The van der Waals surface area contributed by atoms with Crippen molar-refractivity contribution in [3.63, 3.8) is 0 Å². The number of aliphatic hydroxyl groups is 1. The molecule has 5 saturated carbocycles. The summed E-state index contributed by atoms with van der Waals surface area (Å²) in [4.78, 5) is 12.2. The van der Waals surface area contributed by atoms with E-state index in [9.17, 15) is 9.90 Å². The van der Waals surface area contributed by atoms with E-state index in [1.165, 1.54) is 38.5 Å². The molecule has 0 aliphatic heterocycles. The van der Waals surface area contributed by atoms with Crippen LogP contribution in [0.2, 0.25) is 0 Å². The summed E-state index contributed by atoms with van der Waals surface area (Å²) in [6.07, 6.45) is 10.1. The summed E-state index contributed by atoms with van der Waals surface area (Å²) in [5.41, 5.74) is 0.00633. The largest absolute Gasteiger partial charge is 0.389 e. The Bertz CT molecular complexity index is 570. The number of hydrogen-bond donors (Lipinski definition) is 1. The number of fused-ring (bicyclic) bond motifs is 7. The summed E-state index contributed by atoms with van der Waals surface area (Å²) in [6, 6.07) is 0. The molecule has 0 radical (unpaired) electrons. The summed E-state index contributed by atoms with van der Waals surface area (Å²) in [5.74, 6) is 6.17. The fourth-order valence-electron chi connectivity index (χ4n) is 8.90. The van der Waals surface area contributed by atoms with E-state index in [1.54, 1.807) is 0 Å². The van der Waals surface area contributed by atoms with Gasteiger partial charge in [0.15, 0.2) is 0 Å². The van der Waals surface area contributed by atoms with Gasteiger partial charge >= 0.3 is 0 Å². The zero-order valence-corrected chi connectivity index (χ0v) is 15.6. The number of carbonyl (C=O) groups is 1. The Hall–Kier alpha value is -0.370. The molecule has 0 aromatic heterocycles. The maximum atomic E-state index is 12.2. The number of Topliss-reactive ketones (excluding diaryl/α,β-unsaturated/α-hetero) is 1. The second-order valence-corrected chi connectivity index (χ2v) is 10.5. The average Bonchev–Trinajstić information content (AvgIpc) is 2.92. The molecule has 2 nitrogen and oxygen atoms in total. The zero-order valence-electron chi connectivity index (χ0n) is 15.6. The van der Waals surface area contributed by atoms with Crippen LogP contribution in [-0.2, 0) is 4.79 Å². The van der Waals surface area contributed by atoms with E-state index in [1.807, 2.05) is 6.92 Å². The summed E-state index contributed by atoms with van der Waals surface area (Å²) in [5, 5.41) is 10.8. The van der Waals surface area contributed by atoms with Crippen LogP contribution >= 0.6 is 0 Å². The molecule has 2 unspecified atom stereocenters. The summed E-state index contributed by atoms with van der Waals surface area (Å²) in [7, 11) is 0. The first kappa shape index (κ1) is 15.9. The van der Waals surface area contributed by atoms with E-state index in [2.05, 4.69) is 13.8 Å². The third-order valence-electron chi connectivity index (χ3n) is 10.1. The molecule has 134 valence electrons. The maximum absolute atomic E-state index is 12.2. The molecule has 0 heterocycles. The topological polar surface area (TPSA) is 37.3 Å². The Morgan fingerprint density at radius 1 is 0.917 bits per heavy atom. The molecular formula is C22H34O2. The molecule has 5 aliphatic carbocycles. The molecule has 0 amide bonds. The Morgan fingerprint density at radius 2 is 1.58 bits per heavy atom. The van der Waals surface area contributed by atoms with E-state index in [0.717, 1.165) is 42.4 Å². The van der Waals surface area contributed by atoms with Gasteiger partial charge in [0.05, 0.1) is 5.60 Å². The average molecular weight is 331 g/mol. The van der Waals surface area contributed by atoms with Crippen LogP contribution in [0.25, 0.3) is 0 Å². The standard InChI is InChI=1S/C22H34O2/c1-12-20-17-5-4-16-14(15(17)9-11-22(12,20)24)8-10-21(3)18(13(2)23)6-7-19(16)21/h12,14-20,24H,4-11H2,1-3H3/t12?,14-,15-,16-,17+,18-,19+,20?,21-,22+/m1/s1. The van der Waals surface area contributed by atoms with Crippen molar-refractivity contribution in [3.8, 4) is 0 Å². The molecule has 10 atom stereocenters. The van der Waals surface area contributed by atoms with Crippen molar-refractivity contribution in [3.05, 3.63) is 0 Å². The normalized spacial score (nSPS) is 61.3. The predicted octanol–water partition coefficient (Wildman–Crippen LogP) is 4.45. The summed E-state index contributed by atoms with van der Waals surface area (Å²) < 4.78 is 0. The van der Waals surface area contributed by atoms with Crippen LogP contribution in [0.3, 0.4) is 0 Å². The fourth-order valence-corrected chi connectivity index (χ4v) is 8.90. The highest BCUT2D eigenvalue weighted by molar-refractivity contribution is 5.79. The molecule has 0 aromatic carbocycles. The second-order valence-electron chi connectivity index (χ2n) is 10.5. The van der Waals surface area contributed by atoms with Crippen LogP contribution in [0.5, 0.6) is 0 Å². The zero-order chi connectivity index (χ0) is 16.9. The van der Waals surface area contributed by atoms with Crippen molar-refractivity contribution >= 4 is 5.78 Å². The van der Waals surface area contributed by atoms with Crippen LogP contribution < -0.4 is 0 Å². The van der Waals surface area contributed by atoms with Crippen LogP contribution in [0, 0.1) is 52.8 Å². The Balaban J connectivity index is 1.40. The SMILES string of the molecule is CC(=O)[C@H]1CC[C@H]2[C@@H]3CC[C@@H]4C5C(C)[C@@]5(O)CC[C@@H]4[C@H]3CC[C@]12C. The van der Waals surface area contributed by atoms with E-state index in [0.29, 0.717) is 29.0 Å². The van der Waals surface area contributed by atoms with Crippen molar-refractivity contribution in [2.75, 3.05) is 0 Å². The van der Waals surface area contributed by atoms with Gasteiger partial charge in [-0.05, 0) is 105 Å². The number of hydrogen-bond acceptors (Lipinski definition) is 2. The molecule has 0 bridgehead atoms. The first-order valence-electron chi connectivity index (χ1n) is 10.6. The van der Waals surface area contributed by atoms with Gasteiger partial charge in [0.2, 0.25) is 0 Å². The van der Waals surface area contributed by atoms with Gasteiger partial charge in [-0.1, -0.05) is 13.8 Å². The van der Waals surface area contributed by atoms with Gasteiger partial charge in [-0.15, -0.1) is 0 Å². The minimum Gasteiger partial charge on any atom is -0.389 e. The Morgan fingerprint density at radius 3 is 2.33 bits per heavy atom. The molecule has 0 aromatic rings. The third-order valence-corrected chi connectivity index (χ3v) is 10.1. The molecule has 5 rings (SSSR count). The van der Waals surface area contributed by atoms with Crippen LogP contribution in [0.15, 0.2) is 0 Å². The highest BCUT2D eigenvalue weighted by atomic mass is 16.3. The number of rotatable bonds is 1. The maximum Gasteiger partial charge on any atom is 0.133 e. The van der Waals surface area contributed by atoms with E-state index < -0.39 is 0 Å². The van der Waals surface area contributed by atoms with Crippen LogP contribution in [0.1, 0.15) is 72.1 Å². The van der Waals surface area contributed by atoms with Crippen LogP contribution in [0.4, 0.5) is 0 Å². The Labute approximate surface area is 146 Å². The third kappa shape index (κ3) is 1.79. The Kier molecular flexibility index (Phi) is 3.22. The van der Waals surface area contributed by atoms with Gasteiger partial charge in [0, 0.05) is 5.92 Å². The van der Waals surface area contributed by atoms with Crippen molar-refractivity contribution in [1.29, 1.82) is 0 Å². The lowest BCUT2D eigenvalue weighted by Gasteiger charge is -2.55. The van der Waals surface area contributed by atoms with E-state index in [-0.39, 0.29) is 5.60 Å². The minimum atomic E-state index is -0.287. The molecule has 0 saturated heterocycles. The lowest BCUT2D eigenvalue weighted by atomic mass is 9.49. The predicted molar refractivity (Wildman–Crippen MR) is 94.3 cm³/mol. The van der Waals surface area contributed by atoms with Crippen molar-refractivity contribution in [2.45, 2.75) is 77.7 Å². The van der Waals surface area contributed by atoms with Crippen LogP contribution in [-0.4, -0.2) is 16.5 Å². The lowest BCUT2D eigenvalue weighted by Crippen LogP contribution is -2.50. The first-order valence-corrected chi connectivity index (χ1v) is 10.6. The molecular weight excluding hydrogens is 296 g/mol. The summed E-state index contributed by atoms with van der Waals surface area (Å²) >= 11 is 0. The molecule has 1 N–H and O–H groups in total. The quantitative estimate of drug-likeness (QED) is 0.771. The van der Waals surface area contributed by atoms with Crippen molar-refractivity contribution in [1.82, 2.24) is 0 Å². The molecule has 2 heteroatoms. The van der Waals surface area contributed by atoms with E-state index in [4.69, 9.17) is 0 Å². The lowest BCUT2D eigenvalue weighted by molar-refractivity contribution is -0.128. The van der Waals surface area contributed by atoms with Crippen molar-refractivity contribution < 1.29 is 9.90 Å². The molecule has 5 fully saturated rings. The monoisotopic (exact) mass is 330 g/mol. The van der Waals surface area contributed by atoms with Gasteiger partial charge < -0.3 is 5.11 Å². The van der Waals surface area contributed by atoms with Gasteiger partial charge in [-0.2, -0.15) is 0 Å². The fraction of sp³-hybridized carbons (Fsp3) is 0.955. The van der Waals surface area contributed by atoms with Gasteiger partial charge in [0.1, 0.15) is 5.78 Å². The highest BCUT2D eigenvalue weighted by Crippen LogP contribution is 2.70. The minimum absolute atomic E-state index is 0.287. The number of carbonyl (C=O) groups excluding carboxylic acids is 1. The highest BCUT2D eigenvalue weighted by Gasteiger charge is 2.69. The molecule has 24 heavy (non-hydrogen) atoms. The summed E-state index contributed by atoms with van der Waals surface area (Å²) in [6.45, 7) is 6.56. The van der Waals surface area contributed by atoms with E-state index >= 15 is 0 Å². The molecule has 0 spiro atoms. The van der Waals surface area contributed by atoms with Crippen molar-refractivity contribution in [2.24, 2.45) is 52.8 Å². The van der Waals surface area contributed by atoms with Gasteiger partial charge in [-0.25, -0.2) is 0 Å². The molecule has 5 aliphatic rings. The number of ketones is 1.